The molecule has 1 aliphatic heterocycles. The molecular weight excluding hydrogens is 253 g/mol. The molecule has 0 atom stereocenters. The quantitative estimate of drug-likeness (QED) is 0.787. The minimum atomic E-state index is -0.401. The Balaban J connectivity index is 1.91. The lowest BCUT2D eigenvalue weighted by atomic mass is 9.79. The summed E-state index contributed by atoms with van der Waals surface area (Å²) in [6, 6.07) is 5.76. The summed E-state index contributed by atoms with van der Waals surface area (Å²) in [5.74, 6) is 0.788. The van der Waals surface area contributed by atoms with E-state index in [0.717, 1.165) is 16.8 Å². The van der Waals surface area contributed by atoms with Gasteiger partial charge in [-0.25, -0.2) is 0 Å². The minimum absolute atomic E-state index is 0.349. The van der Waals surface area contributed by atoms with Crippen molar-refractivity contribution in [2.75, 3.05) is 0 Å². The van der Waals surface area contributed by atoms with Crippen molar-refractivity contribution in [2.45, 2.75) is 38.9 Å². The zero-order valence-corrected chi connectivity index (χ0v) is 12.2. The Bertz CT molecular complexity index is 591. The molecule has 4 nitrogen and oxygen atoms in total. The van der Waals surface area contributed by atoms with E-state index in [4.69, 9.17) is 13.7 Å². The van der Waals surface area contributed by atoms with Gasteiger partial charge in [-0.2, -0.15) is 0 Å². The zero-order valence-electron chi connectivity index (χ0n) is 12.2. The molecule has 1 fully saturated rings. The number of hydrogen-bond donors (Lipinski definition) is 0. The number of rotatable bonds is 2. The lowest BCUT2D eigenvalue weighted by Gasteiger charge is -2.32. The summed E-state index contributed by atoms with van der Waals surface area (Å²) in [6.07, 6.45) is 5.19. The summed E-state index contributed by atoms with van der Waals surface area (Å²) in [6.45, 7) is 8.15. The summed E-state index contributed by atoms with van der Waals surface area (Å²) in [7, 11) is -0.401. The predicted molar refractivity (Wildman–Crippen MR) is 77.7 cm³/mol. The molecule has 0 aliphatic carbocycles. The van der Waals surface area contributed by atoms with E-state index >= 15 is 0 Å². The Morgan fingerprint density at radius 3 is 2.35 bits per heavy atom. The fraction of sp³-hybridized carbons (Fsp3) is 0.400. The lowest BCUT2D eigenvalue weighted by molar-refractivity contribution is 0.00578. The molecule has 0 bridgehead atoms. The number of aromatic nitrogens is 1. The Labute approximate surface area is 119 Å². The molecule has 0 saturated carbocycles. The summed E-state index contributed by atoms with van der Waals surface area (Å²) >= 11 is 0. The molecule has 3 heterocycles. The number of pyridine rings is 1. The van der Waals surface area contributed by atoms with E-state index in [9.17, 15) is 0 Å². The topological polar surface area (TPSA) is 44.5 Å². The number of hydrogen-bond acceptors (Lipinski definition) is 4. The Morgan fingerprint density at radius 1 is 1.05 bits per heavy atom. The van der Waals surface area contributed by atoms with Gasteiger partial charge in [-0.15, -0.1) is 0 Å². The maximum absolute atomic E-state index is 6.03. The van der Waals surface area contributed by atoms with E-state index < -0.39 is 7.12 Å². The van der Waals surface area contributed by atoms with Crippen LogP contribution in [0.5, 0.6) is 0 Å². The van der Waals surface area contributed by atoms with E-state index in [1.807, 2.05) is 45.9 Å². The maximum atomic E-state index is 6.03. The normalized spacial score (nSPS) is 20.3. The third-order valence-electron chi connectivity index (χ3n) is 4.09. The van der Waals surface area contributed by atoms with Gasteiger partial charge in [-0.05, 0) is 45.9 Å². The van der Waals surface area contributed by atoms with Crippen LogP contribution in [0, 0.1) is 0 Å². The average Bonchev–Trinajstić information content (AvgIpc) is 2.97. The van der Waals surface area contributed by atoms with Gasteiger partial charge in [0, 0.05) is 23.4 Å². The van der Waals surface area contributed by atoms with Crippen molar-refractivity contribution in [2.24, 2.45) is 0 Å². The highest BCUT2D eigenvalue weighted by Gasteiger charge is 2.51. The monoisotopic (exact) mass is 271 g/mol. The molecule has 5 heteroatoms. The van der Waals surface area contributed by atoms with Gasteiger partial charge in [-0.3, -0.25) is 4.98 Å². The first-order valence-electron chi connectivity index (χ1n) is 6.73. The minimum Gasteiger partial charge on any atom is -0.464 e. The second kappa shape index (κ2) is 4.47. The van der Waals surface area contributed by atoms with Gasteiger partial charge in [0.05, 0.1) is 17.5 Å². The smallest absolute Gasteiger partial charge is 0.464 e. The molecule has 0 unspecified atom stereocenters. The third-order valence-corrected chi connectivity index (χ3v) is 4.09. The van der Waals surface area contributed by atoms with Crippen LogP contribution in [0.1, 0.15) is 27.7 Å². The van der Waals surface area contributed by atoms with Crippen molar-refractivity contribution in [3.8, 4) is 11.3 Å². The average molecular weight is 271 g/mol. The summed E-state index contributed by atoms with van der Waals surface area (Å²) in [5, 5.41) is 0. The van der Waals surface area contributed by atoms with Crippen LogP contribution in [0.3, 0.4) is 0 Å². The first-order valence-corrected chi connectivity index (χ1v) is 6.73. The van der Waals surface area contributed by atoms with Crippen LogP contribution in [0.2, 0.25) is 0 Å². The molecule has 0 aromatic carbocycles. The highest BCUT2D eigenvalue weighted by Crippen LogP contribution is 2.36. The standard InChI is InChI=1S/C15H18BNO3/c1-14(2)15(3,4)20-16(19-14)12-8-11(9-17-10-12)13-6-5-7-18-13/h5-10H,1-4H3. The van der Waals surface area contributed by atoms with Gasteiger partial charge in [0.2, 0.25) is 0 Å². The molecule has 0 N–H and O–H groups in total. The predicted octanol–water partition coefficient (Wildman–Crippen LogP) is 2.64. The summed E-state index contributed by atoms with van der Waals surface area (Å²) < 4.78 is 17.5. The van der Waals surface area contributed by atoms with Crippen molar-refractivity contribution in [3.05, 3.63) is 36.9 Å². The molecule has 0 spiro atoms. The first kappa shape index (κ1) is 13.4. The number of furan rings is 1. The van der Waals surface area contributed by atoms with Crippen LogP contribution in [0.25, 0.3) is 11.3 Å². The van der Waals surface area contributed by atoms with Crippen LogP contribution < -0.4 is 5.46 Å². The molecular formula is C15H18BNO3. The van der Waals surface area contributed by atoms with Crippen molar-refractivity contribution in [3.63, 3.8) is 0 Å². The zero-order chi connectivity index (χ0) is 14.4. The Morgan fingerprint density at radius 2 is 1.75 bits per heavy atom. The van der Waals surface area contributed by atoms with Gasteiger partial charge in [0.25, 0.3) is 0 Å². The van der Waals surface area contributed by atoms with Crippen molar-refractivity contribution in [1.29, 1.82) is 0 Å². The van der Waals surface area contributed by atoms with E-state index in [0.29, 0.717) is 0 Å². The SMILES string of the molecule is CC1(C)OB(c2cncc(-c3ccco3)c2)OC1(C)C. The van der Waals surface area contributed by atoms with Crippen molar-refractivity contribution < 1.29 is 13.7 Å². The second-order valence-electron chi connectivity index (χ2n) is 6.07. The maximum Gasteiger partial charge on any atom is 0.496 e. The molecule has 1 saturated heterocycles. The van der Waals surface area contributed by atoms with Crippen molar-refractivity contribution >= 4 is 12.6 Å². The Hall–Kier alpha value is -1.59. The van der Waals surface area contributed by atoms with E-state index in [1.54, 1.807) is 18.7 Å². The third kappa shape index (κ3) is 2.17. The van der Waals surface area contributed by atoms with Crippen LogP contribution in [-0.2, 0) is 9.31 Å². The molecule has 3 rings (SSSR count). The molecule has 2 aromatic heterocycles. The largest absolute Gasteiger partial charge is 0.496 e. The second-order valence-corrected chi connectivity index (χ2v) is 6.07. The Kier molecular flexibility index (Phi) is 2.99. The molecule has 1 aliphatic rings. The molecule has 104 valence electrons. The van der Waals surface area contributed by atoms with Gasteiger partial charge < -0.3 is 13.7 Å². The van der Waals surface area contributed by atoms with E-state index in [1.165, 1.54) is 0 Å². The lowest BCUT2D eigenvalue weighted by Crippen LogP contribution is -2.41. The van der Waals surface area contributed by atoms with Gasteiger partial charge in [0.15, 0.2) is 0 Å². The molecule has 0 radical (unpaired) electrons. The first-order chi connectivity index (χ1) is 9.39. The fourth-order valence-corrected chi connectivity index (χ4v) is 2.14. The van der Waals surface area contributed by atoms with E-state index in [2.05, 4.69) is 4.98 Å². The fourth-order valence-electron chi connectivity index (χ4n) is 2.14. The van der Waals surface area contributed by atoms with E-state index in [-0.39, 0.29) is 11.2 Å². The highest BCUT2D eigenvalue weighted by molar-refractivity contribution is 6.62. The van der Waals surface area contributed by atoms with Gasteiger partial charge >= 0.3 is 7.12 Å². The van der Waals surface area contributed by atoms with Crippen LogP contribution in [0.4, 0.5) is 0 Å². The summed E-state index contributed by atoms with van der Waals surface area (Å²) in [5.41, 5.74) is 1.12. The van der Waals surface area contributed by atoms with Gasteiger partial charge in [-0.1, -0.05) is 0 Å². The van der Waals surface area contributed by atoms with Crippen LogP contribution >= 0.6 is 0 Å². The molecule has 2 aromatic rings. The number of nitrogens with zero attached hydrogens (tertiary/aromatic N) is 1. The highest BCUT2D eigenvalue weighted by atomic mass is 16.7. The molecule has 0 amide bonds. The van der Waals surface area contributed by atoms with Gasteiger partial charge in [0.1, 0.15) is 5.76 Å². The summed E-state index contributed by atoms with van der Waals surface area (Å²) in [4.78, 5) is 4.26. The molecule has 20 heavy (non-hydrogen) atoms. The van der Waals surface area contributed by atoms with Crippen LogP contribution in [0.15, 0.2) is 41.3 Å². The van der Waals surface area contributed by atoms with Crippen LogP contribution in [-0.4, -0.2) is 23.3 Å². The van der Waals surface area contributed by atoms with Crippen molar-refractivity contribution in [1.82, 2.24) is 4.98 Å².